The number of hydrogen-bond donors (Lipinski definition) is 2. The average molecular weight is 424 g/mol. The number of hydrogen-bond acceptors (Lipinski definition) is 4. The molecular weight excluding hydrogens is 398 g/mol. The first-order valence-electron chi connectivity index (χ1n) is 11.0. The number of amides is 1. The van der Waals surface area contributed by atoms with Crippen molar-refractivity contribution >= 4 is 50.3 Å². The number of carbonyl (C=O) groups excluding carboxylic acids is 1. The first-order valence-corrected chi connectivity index (χ1v) is 11.0. The first-order chi connectivity index (χ1) is 15.7. The van der Waals surface area contributed by atoms with Gasteiger partial charge in [0, 0.05) is 40.6 Å². The molecule has 5 rings (SSSR count). The molecule has 32 heavy (non-hydrogen) atoms. The van der Waals surface area contributed by atoms with Crippen LogP contribution in [0.2, 0.25) is 0 Å². The van der Waals surface area contributed by atoms with Crippen LogP contribution < -0.4 is 10.6 Å². The summed E-state index contributed by atoms with van der Waals surface area (Å²) in [7, 11) is 0. The summed E-state index contributed by atoms with van der Waals surface area (Å²) in [4.78, 5) is 22.5. The summed E-state index contributed by atoms with van der Waals surface area (Å²) in [6.45, 7) is 5.82. The molecule has 0 atom stereocenters. The zero-order valence-corrected chi connectivity index (χ0v) is 18.2. The summed E-state index contributed by atoms with van der Waals surface area (Å²) in [5.41, 5.74) is 4.84. The van der Waals surface area contributed by atoms with Gasteiger partial charge in [0.1, 0.15) is 0 Å². The summed E-state index contributed by atoms with van der Waals surface area (Å²) < 4.78 is 2.29. The monoisotopic (exact) mass is 423 g/mol. The van der Waals surface area contributed by atoms with Gasteiger partial charge in [-0.25, -0.2) is 9.97 Å². The van der Waals surface area contributed by atoms with Crippen LogP contribution in [0.25, 0.3) is 32.8 Å². The summed E-state index contributed by atoms with van der Waals surface area (Å²) >= 11 is 0. The number of benzene rings is 3. The van der Waals surface area contributed by atoms with E-state index in [1.54, 1.807) is 0 Å². The second-order valence-corrected chi connectivity index (χ2v) is 7.78. The molecule has 0 fully saturated rings. The van der Waals surface area contributed by atoms with Gasteiger partial charge in [-0.2, -0.15) is 0 Å². The molecule has 0 aliphatic rings. The van der Waals surface area contributed by atoms with Gasteiger partial charge in [0.2, 0.25) is 0 Å². The minimum absolute atomic E-state index is 0.277. The van der Waals surface area contributed by atoms with E-state index in [9.17, 15) is 4.79 Å². The Hall–Kier alpha value is -3.93. The van der Waals surface area contributed by atoms with E-state index in [2.05, 4.69) is 63.3 Å². The van der Waals surface area contributed by atoms with Gasteiger partial charge in [-0.3, -0.25) is 4.79 Å². The van der Waals surface area contributed by atoms with Crippen LogP contribution in [0.5, 0.6) is 0 Å². The highest BCUT2D eigenvalue weighted by Gasteiger charge is 2.17. The third-order valence-corrected chi connectivity index (χ3v) is 5.67. The van der Waals surface area contributed by atoms with Crippen LogP contribution in [-0.2, 0) is 6.54 Å². The molecule has 2 heterocycles. The lowest BCUT2D eigenvalue weighted by Crippen LogP contribution is -2.18. The van der Waals surface area contributed by atoms with Crippen LogP contribution in [0, 0.1) is 0 Å². The molecule has 5 aromatic rings. The molecule has 0 aliphatic carbocycles. The maximum Gasteiger partial charge on any atom is 0.278 e. The Morgan fingerprint density at radius 3 is 2.38 bits per heavy atom. The van der Waals surface area contributed by atoms with E-state index < -0.39 is 0 Å². The summed E-state index contributed by atoms with van der Waals surface area (Å²) in [5, 5.41) is 8.58. The number of para-hydroxylation sites is 3. The van der Waals surface area contributed by atoms with E-state index in [-0.39, 0.29) is 5.91 Å². The Kier molecular flexibility index (Phi) is 5.19. The number of nitrogens with one attached hydrogen (secondary N) is 2. The second kappa shape index (κ2) is 8.30. The minimum atomic E-state index is -0.277. The Labute approximate surface area is 186 Å². The molecular formula is C26H25N5O. The smallest absolute Gasteiger partial charge is 0.278 e. The fourth-order valence-corrected chi connectivity index (χ4v) is 4.19. The van der Waals surface area contributed by atoms with Gasteiger partial charge in [0.15, 0.2) is 11.5 Å². The molecule has 2 aromatic heterocycles. The van der Waals surface area contributed by atoms with Crippen LogP contribution in [-0.4, -0.2) is 27.0 Å². The summed E-state index contributed by atoms with van der Waals surface area (Å²) in [6, 6.07) is 22.0. The SMILES string of the molecule is CCCNc1nc2ccccc2nc1C(=O)Nc1ccc2c(c1)c1ccccc1n2CC. The molecule has 3 aromatic carbocycles. The Balaban J connectivity index is 1.54. The van der Waals surface area contributed by atoms with E-state index in [1.807, 2.05) is 42.5 Å². The van der Waals surface area contributed by atoms with Crippen LogP contribution in [0.3, 0.4) is 0 Å². The molecule has 0 bridgehead atoms. The van der Waals surface area contributed by atoms with Crippen LogP contribution in [0.4, 0.5) is 11.5 Å². The Bertz CT molecular complexity index is 1450. The van der Waals surface area contributed by atoms with Crippen molar-refractivity contribution in [2.24, 2.45) is 0 Å². The van der Waals surface area contributed by atoms with E-state index in [1.165, 1.54) is 10.9 Å². The lowest BCUT2D eigenvalue weighted by molar-refractivity contribution is 0.102. The van der Waals surface area contributed by atoms with Gasteiger partial charge < -0.3 is 15.2 Å². The van der Waals surface area contributed by atoms with Gasteiger partial charge in [-0.05, 0) is 49.7 Å². The normalized spacial score (nSPS) is 11.3. The summed E-state index contributed by atoms with van der Waals surface area (Å²) in [5.74, 6) is 0.229. The van der Waals surface area contributed by atoms with Crippen molar-refractivity contribution in [1.29, 1.82) is 0 Å². The number of anilines is 2. The maximum atomic E-state index is 13.2. The molecule has 0 radical (unpaired) electrons. The zero-order chi connectivity index (χ0) is 22.1. The number of carbonyl (C=O) groups is 1. The second-order valence-electron chi connectivity index (χ2n) is 7.78. The predicted molar refractivity (Wildman–Crippen MR) is 131 cm³/mol. The fraction of sp³-hybridized carbons (Fsp3) is 0.192. The number of nitrogens with zero attached hydrogens (tertiary/aromatic N) is 3. The van der Waals surface area contributed by atoms with Crippen molar-refractivity contribution in [1.82, 2.24) is 14.5 Å². The Morgan fingerprint density at radius 1 is 0.875 bits per heavy atom. The van der Waals surface area contributed by atoms with Gasteiger partial charge in [0.25, 0.3) is 5.91 Å². The van der Waals surface area contributed by atoms with Gasteiger partial charge in [0.05, 0.1) is 11.0 Å². The number of rotatable bonds is 6. The standard InChI is InChI=1S/C26H25N5O/c1-3-15-27-25-24(29-20-10-6-7-11-21(20)30-25)26(32)28-17-13-14-23-19(16-17)18-9-5-8-12-22(18)31(23)4-2/h5-14,16H,3-4,15H2,1-2H3,(H,27,30)(H,28,32). The first kappa shape index (κ1) is 20.0. The van der Waals surface area contributed by atoms with E-state index in [0.29, 0.717) is 17.0 Å². The van der Waals surface area contributed by atoms with Crippen molar-refractivity contribution in [3.63, 3.8) is 0 Å². The molecule has 6 heteroatoms. The number of aromatic nitrogens is 3. The zero-order valence-electron chi connectivity index (χ0n) is 18.2. The van der Waals surface area contributed by atoms with Crippen LogP contribution in [0.1, 0.15) is 30.8 Å². The molecule has 160 valence electrons. The molecule has 2 N–H and O–H groups in total. The molecule has 6 nitrogen and oxygen atoms in total. The van der Waals surface area contributed by atoms with Gasteiger partial charge >= 0.3 is 0 Å². The lowest BCUT2D eigenvalue weighted by atomic mass is 10.1. The van der Waals surface area contributed by atoms with E-state index >= 15 is 0 Å². The van der Waals surface area contributed by atoms with Gasteiger partial charge in [-0.1, -0.05) is 37.3 Å². The highest BCUT2D eigenvalue weighted by Crippen LogP contribution is 2.31. The molecule has 0 aliphatic heterocycles. The van der Waals surface area contributed by atoms with Crippen molar-refractivity contribution < 1.29 is 4.79 Å². The average Bonchev–Trinajstić information content (AvgIpc) is 3.15. The maximum absolute atomic E-state index is 13.2. The molecule has 0 spiro atoms. The van der Waals surface area contributed by atoms with Crippen molar-refractivity contribution in [2.45, 2.75) is 26.8 Å². The highest BCUT2D eigenvalue weighted by atomic mass is 16.1. The summed E-state index contributed by atoms with van der Waals surface area (Å²) in [6.07, 6.45) is 0.924. The Morgan fingerprint density at radius 2 is 1.59 bits per heavy atom. The van der Waals surface area contributed by atoms with Crippen molar-refractivity contribution in [3.05, 3.63) is 72.4 Å². The third-order valence-electron chi connectivity index (χ3n) is 5.67. The fourth-order valence-electron chi connectivity index (χ4n) is 4.19. The van der Waals surface area contributed by atoms with E-state index in [4.69, 9.17) is 0 Å². The topological polar surface area (TPSA) is 71.8 Å². The van der Waals surface area contributed by atoms with Crippen molar-refractivity contribution in [2.75, 3.05) is 17.2 Å². The lowest BCUT2D eigenvalue weighted by Gasteiger charge is -2.12. The van der Waals surface area contributed by atoms with E-state index in [0.717, 1.165) is 41.6 Å². The molecule has 0 saturated carbocycles. The largest absolute Gasteiger partial charge is 0.368 e. The molecule has 1 amide bonds. The third kappa shape index (κ3) is 3.43. The predicted octanol–water partition coefficient (Wildman–Crippen LogP) is 5.83. The van der Waals surface area contributed by atoms with Crippen LogP contribution >= 0.6 is 0 Å². The van der Waals surface area contributed by atoms with Crippen LogP contribution in [0.15, 0.2) is 66.7 Å². The van der Waals surface area contributed by atoms with Gasteiger partial charge in [-0.15, -0.1) is 0 Å². The van der Waals surface area contributed by atoms with Crippen molar-refractivity contribution in [3.8, 4) is 0 Å². The molecule has 0 unspecified atom stereocenters. The molecule has 0 saturated heterocycles. The number of fused-ring (bicyclic) bond motifs is 4. The minimum Gasteiger partial charge on any atom is -0.368 e. The number of aryl methyl sites for hydroxylation is 1. The quantitative estimate of drug-likeness (QED) is 0.360. The highest BCUT2D eigenvalue weighted by molar-refractivity contribution is 6.11.